The van der Waals surface area contributed by atoms with Gasteiger partial charge < -0.3 is 10.2 Å². The number of thiophene rings is 1. The van der Waals surface area contributed by atoms with Crippen LogP contribution in [0.1, 0.15) is 37.6 Å². The average Bonchev–Trinajstić information content (AvgIpc) is 2.91. The molecule has 17 heavy (non-hydrogen) atoms. The predicted molar refractivity (Wildman–Crippen MR) is 75.6 cm³/mol. The maximum atomic E-state index is 3.76. The van der Waals surface area contributed by atoms with Crippen LogP contribution in [0.3, 0.4) is 0 Å². The topological polar surface area (TPSA) is 15.3 Å². The van der Waals surface area contributed by atoms with Crippen molar-refractivity contribution in [2.75, 3.05) is 20.1 Å². The van der Waals surface area contributed by atoms with Gasteiger partial charge >= 0.3 is 0 Å². The monoisotopic (exact) mass is 252 g/mol. The van der Waals surface area contributed by atoms with Gasteiger partial charge in [0, 0.05) is 23.5 Å². The molecule has 3 heteroatoms. The highest BCUT2D eigenvalue weighted by molar-refractivity contribution is 7.10. The Kier molecular flexibility index (Phi) is 4.60. The number of rotatable bonds is 5. The van der Waals surface area contributed by atoms with Crippen molar-refractivity contribution in [2.45, 2.75) is 38.8 Å². The Morgan fingerprint density at radius 2 is 2.35 bits per heavy atom. The maximum Gasteiger partial charge on any atom is 0.0438 e. The quantitative estimate of drug-likeness (QED) is 0.866. The molecule has 1 fully saturated rings. The maximum absolute atomic E-state index is 3.76. The fourth-order valence-corrected chi connectivity index (χ4v) is 3.61. The summed E-state index contributed by atoms with van der Waals surface area (Å²) in [5.41, 5.74) is 0. The molecule has 2 nitrogen and oxygen atoms in total. The molecule has 1 saturated heterocycles. The van der Waals surface area contributed by atoms with Gasteiger partial charge in [0.15, 0.2) is 0 Å². The molecule has 2 heterocycles. The zero-order valence-electron chi connectivity index (χ0n) is 11.1. The third kappa shape index (κ3) is 3.30. The van der Waals surface area contributed by atoms with E-state index in [0.29, 0.717) is 12.0 Å². The van der Waals surface area contributed by atoms with E-state index in [1.165, 1.54) is 24.3 Å². The van der Waals surface area contributed by atoms with E-state index in [4.69, 9.17) is 0 Å². The molecule has 0 aliphatic carbocycles. The Hall–Kier alpha value is -0.380. The number of hydrogen-bond donors (Lipinski definition) is 1. The third-order valence-corrected chi connectivity index (χ3v) is 4.72. The van der Waals surface area contributed by atoms with E-state index >= 15 is 0 Å². The Morgan fingerprint density at radius 3 is 2.88 bits per heavy atom. The Labute approximate surface area is 109 Å². The molecule has 0 amide bonds. The molecule has 1 aliphatic rings. The highest BCUT2D eigenvalue weighted by atomic mass is 32.1. The van der Waals surface area contributed by atoms with Gasteiger partial charge in [0.05, 0.1) is 0 Å². The van der Waals surface area contributed by atoms with Crippen LogP contribution in [-0.4, -0.2) is 31.1 Å². The lowest BCUT2D eigenvalue weighted by atomic mass is 10.0. The van der Waals surface area contributed by atoms with Crippen molar-refractivity contribution in [1.29, 1.82) is 0 Å². The van der Waals surface area contributed by atoms with Crippen LogP contribution in [0.25, 0.3) is 0 Å². The molecule has 96 valence electrons. The minimum absolute atomic E-state index is 0.518. The van der Waals surface area contributed by atoms with Gasteiger partial charge in [-0.05, 0) is 43.8 Å². The lowest BCUT2D eigenvalue weighted by Crippen LogP contribution is -2.38. The number of likely N-dealkylation sites (tertiary alicyclic amines) is 1. The molecule has 0 spiro atoms. The number of likely N-dealkylation sites (N-methyl/N-ethyl adjacent to an activating group) is 1. The van der Waals surface area contributed by atoms with Gasteiger partial charge in [-0.3, -0.25) is 0 Å². The van der Waals surface area contributed by atoms with Crippen LogP contribution in [0.4, 0.5) is 0 Å². The van der Waals surface area contributed by atoms with Crippen LogP contribution in [0.15, 0.2) is 17.5 Å². The van der Waals surface area contributed by atoms with E-state index in [0.717, 1.165) is 12.6 Å². The van der Waals surface area contributed by atoms with Crippen LogP contribution in [-0.2, 0) is 0 Å². The molecule has 1 N–H and O–H groups in total. The number of nitrogens with one attached hydrogen (secondary N) is 1. The highest BCUT2D eigenvalue weighted by Gasteiger charge is 2.23. The van der Waals surface area contributed by atoms with Crippen molar-refractivity contribution in [3.63, 3.8) is 0 Å². The number of nitrogens with zero attached hydrogens (tertiary/aromatic N) is 1. The second-order valence-electron chi connectivity index (χ2n) is 5.42. The van der Waals surface area contributed by atoms with Gasteiger partial charge in [-0.25, -0.2) is 0 Å². The fraction of sp³-hybridized carbons (Fsp3) is 0.714. The molecule has 2 atom stereocenters. The molecule has 0 aromatic carbocycles. The first-order valence-electron chi connectivity index (χ1n) is 6.65. The summed E-state index contributed by atoms with van der Waals surface area (Å²) in [4.78, 5) is 3.96. The summed E-state index contributed by atoms with van der Waals surface area (Å²) in [6, 6.07) is 5.65. The predicted octanol–water partition coefficient (Wildman–Crippen LogP) is 3.13. The van der Waals surface area contributed by atoms with E-state index in [1.54, 1.807) is 0 Å². The second-order valence-corrected chi connectivity index (χ2v) is 6.40. The van der Waals surface area contributed by atoms with E-state index in [9.17, 15) is 0 Å². The molecule has 1 aromatic heterocycles. The van der Waals surface area contributed by atoms with E-state index < -0.39 is 0 Å². The Balaban J connectivity index is 1.90. The summed E-state index contributed by atoms with van der Waals surface area (Å²) in [5, 5.41) is 5.94. The summed E-state index contributed by atoms with van der Waals surface area (Å²) < 4.78 is 0. The van der Waals surface area contributed by atoms with Crippen LogP contribution in [0.2, 0.25) is 0 Å². The smallest absolute Gasteiger partial charge is 0.0438 e. The van der Waals surface area contributed by atoms with Gasteiger partial charge in [0.25, 0.3) is 0 Å². The van der Waals surface area contributed by atoms with E-state index in [-0.39, 0.29) is 0 Å². The van der Waals surface area contributed by atoms with Gasteiger partial charge in [-0.2, -0.15) is 0 Å². The van der Waals surface area contributed by atoms with Gasteiger partial charge in [-0.15, -0.1) is 11.3 Å². The minimum Gasteiger partial charge on any atom is -0.307 e. The standard InChI is InChI=1S/C14H24N2S/c1-11(2)14(13-7-5-9-17-13)15-10-12-6-4-8-16(12)3/h5,7,9,11-12,14-15H,4,6,8,10H2,1-3H3. The van der Waals surface area contributed by atoms with E-state index in [1.807, 2.05) is 11.3 Å². The zero-order chi connectivity index (χ0) is 12.3. The third-order valence-electron chi connectivity index (χ3n) is 3.76. The molecule has 1 aromatic rings. The van der Waals surface area contributed by atoms with Crippen molar-refractivity contribution in [1.82, 2.24) is 10.2 Å². The summed E-state index contributed by atoms with van der Waals surface area (Å²) in [7, 11) is 2.24. The van der Waals surface area contributed by atoms with Gasteiger partial charge in [-0.1, -0.05) is 19.9 Å². The molecular weight excluding hydrogens is 228 g/mol. The molecule has 2 rings (SSSR count). The molecule has 2 unspecified atom stereocenters. The van der Waals surface area contributed by atoms with Crippen LogP contribution < -0.4 is 5.32 Å². The first-order valence-corrected chi connectivity index (χ1v) is 7.53. The summed E-state index contributed by atoms with van der Waals surface area (Å²) >= 11 is 1.87. The Bertz CT molecular complexity index is 321. The Morgan fingerprint density at radius 1 is 1.53 bits per heavy atom. The minimum atomic E-state index is 0.518. The van der Waals surface area contributed by atoms with Gasteiger partial charge in [0.1, 0.15) is 0 Å². The SMILES string of the molecule is CC(C)C(NCC1CCCN1C)c1cccs1. The number of hydrogen-bond acceptors (Lipinski definition) is 3. The first kappa shape index (κ1) is 13.1. The van der Waals surface area contributed by atoms with Crippen LogP contribution >= 0.6 is 11.3 Å². The second kappa shape index (κ2) is 5.98. The largest absolute Gasteiger partial charge is 0.307 e. The van der Waals surface area contributed by atoms with Crippen LogP contribution in [0.5, 0.6) is 0 Å². The average molecular weight is 252 g/mol. The summed E-state index contributed by atoms with van der Waals surface area (Å²) in [6.45, 7) is 6.99. The van der Waals surface area contributed by atoms with Crippen molar-refractivity contribution < 1.29 is 0 Å². The normalized spacial score (nSPS) is 23.4. The van der Waals surface area contributed by atoms with Crippen molar-refractivity contribution in [3.05, 3.63) is 22.4 Å². The summed E-state index contributed by atoms with van der Waals surface area (Å²) in [5.74, 6) is 0.653. The van der Waals surface area contributed by atoms with Crippen molar-refractivity contribution in [2.24, 2.45) is 5.92 Å². The lowest BCUT2D eigenvalue weighted by Gasteiger charge is -2.26. The van der Waals surface area contributed by atoms with Crippen molar-refractivity contribution in [3.8, 4) is 0 Å². The molecule has 0 radical (unpaired) electrons. The lowest BCUT2D eigenvalue weighted by molar-refractivity contribution is 0.280. The van der Waals surface area contributed by atoms with E-state index in [2.05, 4.69) is 48.6 Å². The van der Waals surface area contributed by atoms with Crippen molar-refractivity contribution >= 4 is 11.3 Å². The summed E-state index contributed by atoms with van der Waals surface area (Å²) in [6.07, 6.45) is 2.70. The fourth-order valence-electron chi connectivity index (χ4n) is 2.63. The zero-order valence-corrected chi connectivity index (χ0v) is 12.0. The van der Waals surface area contributed by atoms with Gasteiger partial charge in [0.2, 0.25) is 0 Å². The molecule has 0 bridgehead atoms. The van der Waals surface area contributed by atoms with Crippen LogP contribution in [0, 0.1) is 5.92 Å². The molecular formula is C14H24N2S. The highest BCUT2D eigenvalue weighted by Crippen LogP contribution is 2.26. The molecule has 1 aliphatic heterocycles. The molecule has 0 saturated carbocycles. The first-order chi connectivity index (χ1) is 8.18.